The molecule has 0 amide bonds. The Labute approximate surface area is 110 Å². The highest BCUT2D eigenvalue weighted by Gasteiger charge is 2.31. The molecule has 0 bridgehead atoms. The van der Waals surface area contributed by atoms with E-state index in [0.29, 0.717) is 9.13 Å². The molecule has 94 valence electrons. The summed E-state index contributed by atoms with van der Waals surface area (Å²) in [7, 11) is 0. The van der Waals surface area contributed by atoms with Crippen molar-refractivity contribution < 1.29 is 22.7 Å². The summed E-state index contributed by atoms with van der Waals surface area (Å²) in [4.78, 5) is 11.2. The molecular weight excluding hydrogens is 348 g/mol. The van der Waals surface area contributed by atoms with Gasteiger partial charge in [0, 0.05) is 3.57 Å². The van der Waals surface area contributed by atoms with Crippen LogP contribution in [0.2, 0.25) is 0 Å². The van der Waals surface area contributed by atoms with E-state index in [0.717, 1.165) is 12.1 Å². The summed E-state index contributed by atoms with van der Waals surface area (Å²) in [6, 6.07) is 3.33. The molecule has 2 nitrogen and oxygen atoms in total. The van der Waals surface area contributed by atoms with E-state index in [1.807, 2.05) is 22.6 Å². The van der Waals surface area contributed by atoms with E-state index in [1.165, 1.54) is 6.07 Å². The Bertz CT molecular complexity index is 416. The van der Waals surface area contributed by atoms with E-state index in [1.54, 1.807) is 6.92 Å². The largest absolute Gasteiger partial charge is 0.466 e. The van der Waals surface area contributed by atoms with Gasteiger partial charge in [-0.25, -0.2) is 0 Å². The third-order valence-corrected chi connectivity index (χ3v) is 3.07. The molecule has 0 saturated heterocycles. The van der Waals surface area contributed by atoms with Gasteiger partial charge in [0.25, 0.3) is 0 Å². The van der Waals surface area contributed by atoms with Crippen LogP contribution in [0.25, 0.3) is 0 Å². The van der Waals surface area contributed by atoms with Gasteiger partial charge >= 0.3 is 12.1 Å². The van der Waals surface area contributed by atoms with Crippen molar-refractivity contribution in [3.63, 3.8) is 0 Å². The summed E-state index contributed by atoms with van der Waals surface area (Å²) in [5.74, 6) is -0.523. The maximum Gasteiger partial charge on any atom is 0.416 e. The van der Waals surface area contributed by atoms with Gasteiger partial charge in [-0.15, -0.1) is 0 Å². The Balaban J connectivity index is 2.95. The fourth-order valence-electron chi connectivity index (χ4n) is 1.25. The molecule has 0 aromatic heterocycles. The normalized spacial score (nSPS) is 11.4. The van der Waals surface area contributed by atoms with E-state index in [-0.39, 0.29) is 13.0 Å². The second-order valence-electron chi connectivity index (χ2n) is 3.29. The summed E-state index contributed by atoms with van der Waals surface area (Å²) in [6.45, 7) is 1.86. The van der Waals surface area contributed by atoms with Crippen molar-refractivity contribution in [2.75, 3.05) is 6.61 Å². The topological polar surface area (TPSA) is 26.3 Å². The van der Waals surface area contributed by atoms with Crippen molar-refractivity contribution in [3.05, 3.63) is 32.9 Å². The van der Waals surface area contributed by atoms with Crippen LogP contribution in [0.1, 0.15) is 18.1 Å². The van der Waals surface area contributed by atoms with Crippen LogP contribution in [0.4, 0.5) is 13.2 Å². The van der Waals surface area contributed by atoms with Crippen molar-refractivity contribution in [2.45, 2.75) is 19.5 Å². The number of carbonyl (C=O) groups excluding carboxylic acids is 1. The third-order valence-electron chi connectivity index (χ3n) is 2.01. The molecule has 17 heavy (non-hydrogen) atoms. The number of hydrogen-bond donors (Lipinski definition) is 0. The highest BCUT2D eigenvalue weighted by Crippen LogP contribution is 2.31. The van der Waals surface area contributed by atoms with Gasteiger partial charge < -0.3 is 4.74 Å². The monoisotopic (exact) mass is 358 g/mol. The molecule has 0 atom stereocenters. The van der Waals surface area contributed by atoms with E-state index in [4.69, 9.17) is 4.74 Å². The lowest BCUT2D eigenvalue weighted by atomic mass is 10.1. The molecular formula is C11H10F3IO2. The smallest absolute Gasteiger partial charge is 0.416 e. The molecule has 6 heteroatoms. The predicted molar refractivity (Wildman–Crippen MR) is 64.5 cm³/mol. The lowest BCUT2D eigenvalue weighted by Crippen LogP contribution is -2.11. The van der Waals surface area contributed by atoms with Gasteiger partial charge in [-0.1, -0.05) is 0 Å². The third kappa shape index (κ3) is 4.18. The number of hydrogen-bond acceptors (Lipinski definition) is 2. The van der Waals surface area contributed by atoms with Crippen molar-refractivity contribution >= 4 is 28.6 Å². The average Bonchev–Trinajstić information content (AvgIpc) is 2.20. The zero-order chi connectivity index (χ0) is 13.1. The molecule has 1 aromatic rings. The number of esters is 1. The first-order valence-electron chi connectivity index (χ1n) is 4.86. The summed E-state index contributed by atoms with van der Waals surface area (Å²) in [5.41, 5.74) is -0.420. The minimum atomic E-state index is -4.40. The molecule has 0 aliphatic heterocycles. The van der Waals surface area contributed by atoms with E-state index >= 15 is 0 Å². The second-order valence-corrected chi connectivity index (χ2v) is 4.45. The fourth-order valence-corrected chi connectivity index (χ4v) is 1.78. The fraction of sp³-hybridized carbons (Fsp3) is 0.364. The number of ether oxygens (including phenoxy) is 1. The van der Waals surface area contributed by atoms with Gasteiger partial charge in [-0.3, -0.25) is 4.79 Å². The molecule has 1 aromatic carbocycles. The predicted octanol–water partition coefficient (Wildman–Crippen LogP) is 3.42. The van der Waals surface area contributed by atoms with E-state index in [2.05, 4.69) is 0 Å². The number of carbonyl (C=O) groups is 1. The first-order valence-corrected chi connectivity index (χ1v) is 5.93. The molecule has 0 heterocycles. The Kier molecular flexibility index (Phi) is 4.79. The Hall–Kier alpha value is -0.790. The van der Waals surface area contributed by atoms with E-state index < -0.39 is 17.7 Å². The number of benzene rings is 1. The van der Waals surface area contributed by atoms with Gasteiger partial charge in [-0.2, -0.15) is 13.2 Å². The van der Waals surface area contributed by atoms with Crippen molar-refractivity contribution in [2.24, 2.45) is 0 Å². The molecule has 0 aliphatic carbocycles. The van der Waals surface area contributed by atoms with Gasteiger partial charge in [0.05, 0.1) is 18.6 Å². The van der Waals surface area contributed by atoms with Crippen LogP contribution in [0.3, 0.4) is 0 Å². The van der Waals surface area contributed by atoms with Crippen LogP contribution >= 0.6 is 22.6 Å². The van der Waals surface area contributed by atoms with Crippen LogP contribution in [-0.4, -0.2) is 12.6 Å². The average molecular weight is 358 g/mol. The standard InChI is InChI=1S/C11H10F3IO2/c1-2-17-10(16)6-7-5-8(11(12,13)14)3-4-9(7)15/h3-5H,2,6H2,1H3. The summed E-state index contributed by atoms with van der Waals surface area (Å²) in [5, 5.41) is 0. The van der Waals surface area contributed by atoms with Crippen molar-refractivity contribution in [1.29, 1.82) is 0 Å². The number of rotatable bonds is 3. The zero-order valence-electron chi connectivity index (χ0n) is 8.97. The van der Waals surface area contributed by atoms with Crippen LogP contribution in [0.5, 0.6) is 0 Å². The number of alkyl halides is 3. The van der Waals surface area contributed by atoms with Crippen LogP contribution in [0.15, 0.2) is 18.2 Å². The molecule has 1 rings (SSSR count). The van der Waals surface area contributed by atoms with Crippen LogP contribution in [-0.2, 0) is 22.1 Å². The molecule has 0 saturated carbocycles. The van der Waals surface area contributed by atoms with Gasteiger partial charge in [0.2, 0.25) is 0 Å². The van der Waals surface area contributed by atoms with Gasteiger partial charge in [0.1, 0.15) is 0 Å². The highest BCUT2D eigenvalue weighted by atomic mass is 127. The molecule has 0 aliphatic rings. The maximum atomic E-state index is 12.5. The SMILES string of the molecule is CCOC(=O)Cc1cc(C(F)(F)F)ccc1I. The summed E-state index contributed by atoms with van der Waals surface area (Å²) >= 11 is 1.89. The zero-order valence-corrected chi connectivity index (χ0v) is 11.1. The summed E-state index contributed by atoms with van der Waals surface area (Å²) < 4.78 is 42.7. The van der Waals surface area contributed by atoms with Gasteiger partial charge in [-0.05, 0) is 53.3 Å². The van der Waals surface area contributed by atoms with Crippen molar-refractivity contribution in [1.82, 2.24) is 0 Å². The first kappa shape index (κ1) is 14.3. The summed E-state index contributed by atoms with van der Waals surface area (Å²) in [6.07, 6.45) is -4.54. The molecule has 0 spiro atoms. The molecule has 0 fully saturated rings. The lowest BCUT2D eigenvalue weighted by Gasteiger charge is -2.10. The number of halogens is 4. The molecule has 0 N–H and O–H groups in total. The van der Waals surface area contributed by atoms with Crippen LogP contribution in [0, 0.1) is 3.57 Å². The van der Waals surface area contributed by atoms with Crippen LogP contribution < -0.4 is 0 Å². The second kappa shape index (κ2) is 5.70. The minimum Gasteiger partial charge on any atom is -0.466 e. The Morgan fingerprint density at radius 2 is 2.06 bits per heavy atom. The highest BCUT2D eigenvalue weighted by molar-refractivity contribution is 14.1. The van der Waals surface area contributed by atoms with E-state index in [9.17, 15) is 18.0 Å². The quantitative estimate of drug-likeness (QED) is 0.612. The van der Waals surface area contributed by atoms with Crippen molar-refractivity contribution in [3.8, 4) is 0 Å². The molecule has 0 radical (unpaired) electrons. The maximum absolute atomic E-state index is 12.5. The molecule has 0 unspecified atom stereocenters. The first-order chi connectivity index (χ1) is 7.84. The van der Waals surface area contributed by atoms with Gasteiger partial charge in [0.15, 0.2) is 0 Å². The lowest BCUT2D eigenvalue weighted by molar-refractivity contribution is -0.142. The Morgan fingerprint density at radius 1 is 1.41 bits per heavy atom. The Morgan fingerprint density at radius 3 is 2.59 bits per heavy atom. The minimum absolute atomic E-state index is 0.143.